The maximum absolute atomic E-state index is 14.4. The molecule has 1 spiro atoms. The van der Waals surface area contributed by atoms with Crippen molar-refractivity contribution in [3.05, 3.63) is 82.9 Å². The van der Waals surface area contributed by atoms with Gasteiger partial charge in [0, 0.05) is 28.2 Å². The molecule has 34 heavy (non-hydrogen) atoms. The van der Waals surface area contributed by atoms with Crippen LogP contribution in [0, 0.1) is 0 Å². The number of nitrogens with zero attached hydrogens (tertiary/aromatic N) is 1. The van der Waals surface area contributed by atoms with Gasteiger partial charge in [-0.3, -0.25) is 0 Å². The van der Waals surface area contributed by atoms with Crippen LogP contribution >= 0.6 is 11.6 Å². The monoisotopic (exact) mass is 496 g/mol. The topological polar surface area (TPSA) is 67.9 Å². The number of rotatable bonds is 4. The molecule has 6 nitrogen and oxygen atoms in total. The summed E-state index contributed by atoms with van der Waals surface area (Å²) in [5.74, 6) is 1.38. The third kappa shape index (κ3) is 3.29. The lowest BCUT2D eigenvalue weighted by Gasteiger charge is -2.41. The molecular weight excluding hydrogens is 472 g/mol. The summed E-state index contributed by atoms with van der Waals surface area (Å²) in [6.45, 7) is 2.11. The first-order valence-corrected chi connectivity index (χ1v) is 13.4. The van der Waals surface area contributed by atoms with Crippen LogP contribution in [0.2, 0.25) is 5.02 Å². The van der Waals surface area contributed by atoms with Crippen LogP contribution < -0.4 is 19.7 Å². The van der Waals surface area contributed by atoms with Crippen molar-refractivity contribution in [1.82, 2.24) is 5.32 Å². The Labute approximate surface area is 204 Å². The van der Waals surface area contributed by atoms with E-state index in [1.807, 2.05) is 36.4 Å². The molecule has 6 rings (SSSR count). The van der Waals surface area contributed by atoms with Gasteiger partial charge in [0.1, 0.15) is 5.37 Å². The van der Waals surface area contributed by atoms with Crippen LogP contribution in [0.25, 0.3) is 0 Å². The number of hydrogen-bond donors (Lipinski definition) is 1. The number of hydrogen-bond acceptors (Lipinski definition) is 6. The zero-order valence-electron chi connectivity index (χ0n) is 18.5. The minimum Gasteiger partial charge on any atom is -0.454 e. The van der Waals surface area contributed by atoms with Crippen molar-refractivity contribution in [2.45, 2.75) is 35.1 Å². The predicted molar refractivity (Wildman–Crippen MR) is 131 cm³/mol. The van der Waals surface area contributed by atoms with Crippen molar-refractivity contribution in [2.24, 2.45) is 0 Å². The van der Waals surface area contributed by atoms with Gasteiger partial charge in [0.2, 0.25) is 6.79 Å². The van der Waals surface area contributed by atoms with Crippen molar-refractivity contribution in [3.63, 3.8) is 0 Å². The Morgan fingerprint density at radius 1 is 0.971 bits per heavy atom. The number of piperidine rings is 1. The molecule has 3 aromatic rings. The van der Waals surface area contributed by atoms with Gasteiger partial charge in [0.15, 0.2) is 21.3 Å². The molecule has 8 heteroatoms. The van der Waals surface area contributed by atoms with E-state index < -0.39 is 20.6 Å². The lowest BCUT2D eigenvalue weighted by atomic mass is 9.74. The summed E-state index contributed by atoms with van der Waals surface area (Å²) in [4.78, 5) is 2.34. The van der Waals surface area contributed by atoms with Gasteiger partial charge in [-0.1, -0.05) is 41.9 Å². The van der Waals surface area contributed by atoms with Gasteiger partial charge in [-0.05, 0) is 67.9 Å². The van der Waals surface area contributed by atoms with Gasteiger partial charge in [-0.15, -0.1) is 0 Å². The number of benzene rings is 3. The van der Waals surface area contributed by atoms with Gasteiger partial charge in [-0.25, -0.2) is 8.42 Å². The lowest BCUT2D eigenvalue weighted by molar-refractivity contribution is 0.173. The van der Waals surface area contributed by atoms with Crippen LogP contribution in [0.15, 0.2) is 71.6 Å². The normalized spacial score (nSPS) is 20.5. The highest BCUT2D eigenvalue weighted by Crippen LogP contribution is 2.54. The summed E-state index contributed by atoms with van der Waals surface area (Å²) in [5.41, 5.74) is 2.45. The van der Waals surface area contributed by atoms with Crippen LogP contribution in [0.5, 0.6) is 11.5 Å². The standard InChI is InChI=1S/C26H25ClN2O4S/c27-19-8-10-20(11-9-19)34(30,31)25-26(12-14-28-15-13-26)21-5-1-2-6-22(21)29(25)16-18-4-3-7-23-24(18)33-17-32-23/h1-11,25,28H,12-17H2/t25-/m1/s1. The van der Waals surface area contributed by atoms with Gasteiger partial charge < -0.3 is 19.7 Å². The van der Waals surface area contributed by atoms with Gasteiger partial charge in [0.05, 0.1) is 4.90 Å². The van der Waals surface area contributed by atoms with Crippen molar-refractivity contribution in [2.75, 3.05) is 24.8 Å². The first kappa shape index (κ1) is 21.8. The summed E-state index contributed by atoms with van der Waals surface area (Å²) < 4.78 is 40.1. The number of ether oxygens (including phenoxy) is 2. The zero-order valence-corrected chi connectivity index (χ0v) is 20.1. The van der Waals surface area contributed by atoms with E-state index in [9.17, 15) is 8.42 Å². The number of nitrogens with one attached hydrogen (secondary N) is 1. The number of halogens is 1. The minimum atomic E-state index is -3.75. The Morgan fingerprint density at radius 2 is 1.74 bits per heavy atom. The first-order chi connectivity index (χ1) is 16.5. The Morgan fingerprint density at radius 3 is 2.53 bits per heavy atom. The summed E-state index contributed by atoms with van der Waals surface area (Å²) in [5, 5.41) is 3.18. The summed E-state index contributed by atoms with van der Waals surface area (Å²) >= 11 is 6.09. The van der Waals surface area contributed by atoms with E-state index in [1.54, 1.807) is 24.3 Å². The fraction of sp³-hybridized carbons (Fsp3) is 0.308. The second-order valence-corrected chi connectivity index (χ2v) is 11.5. The molecule has 1 fully saturated rings. The second-order valence-electron chi connectivity index (χ2n) is 9.05. The molecule has 3 aromatic carbocycles. The molecule has 0 aliphatic carbocycles. The molecule has 0 bridgehead atoms. The molecule has 0 amide bonds. The highest BCUT2D eigenvalue weighted by Gasteiger charge is 2.57. The van der Waals surface area contributed by atoms with Gasteiger partial charge >= 0.3 is 0 Å². The molecule has 176 valence electrons. The third-order valence-electron chi connectivity index (χ3n) is 7.26. The molecule has 3 heterocycles. The number of anilines is 1. The Kier molecular flexibility index (Phi) is 5.24. The zero-order chi connectivity index (χ0) is 23.3. The van der Waals surface area contributed by atoms with Crippen LogP contribution in [-0.4, -0.2) is 33.7 Å². The number of para-hydroxylation sites is 2. The van der Waals surface area contributed by atoms with E-state index >= 15 is 0 Å². The molecule has 3 aliphatic heterocycles. The Bertz CT molecular complexity index is 1340. The van der Waals surface area contributed by atoms with Gasteiger partial charge in [-0.2, -0.15) is 0 Å². The summed E-state index contributed by atoms with van der Waals surface area (Å²) in [6, 6.07) is 20.4. The van der Waals surface area contributed by atoms with E-state index in [0.717, 1.165) is 42.7 Å². The van der Waals surface area contributed by atoms with Crippen LogP contribution in [0.4, 0.5) is 5.69 Å². The number of sulfone groups is 1. The quantitative estimate of drug-likeness (QED) is 0.573. The first-order valence-electron chi connectivity index (χ1n) is 11.4. The van der Waals surface area contributed by atoms with E-state index in [4.69, 9.17) is 21.1 Å². The Hall–Kier alpha value is -2.74. The van der Waals surface area contributed by atoms with E-state index in [2.05, 4.69) is 16.3 Å². The fourth-order valence-corrected chi connectivity index (χ4v) is 8.16. The smallest absolute Gasteiger partial charge is 0.231 e. The maximum Gasteiger partial charge on any atom is 0.231 e. The van der Waals surface area contributed by atoms with E-state index in [0.29, 0.717) is 23.1 Å². The average Bonchev–Trinajstić information content (AvgIpc) is 3.43. The molecule has 1 N–H and O–H groups in total. The molecule has 0 unspecified atom stereocenters. The molecule has 3 aliphatic rings. The van der Waals surface area contributed by atoms with Crippen LogP contribution in [0.1, 0.15) is 24.0 Å². The average molecular weight is 497 g/mol. The van der Waals surface area contributed by atoms with E-state index in [1.165, 1.54) is 0 Å². The summed E-state index contributed by atoms with van der Waals surface area (Å²) in [6.07, 6.45) is 1.48. The molecule has 1 atom stereocenters. The lowest BCUT2D eigenvalue weighted by Crippen LogP contribution is -2.54. The molecular formula is C26H25ClN2O4S. The van der Waals surface area contributed by atoms with E-state index in [-0.39, 0.29) is 11.7 Å². The fourth-order valence-electron chi connectivity index (χ4n) is 5.78. The maximum atomic E-state index is 14.4. The highest BCUT2D eigenvalue weighted by molar-refractivity contribution is 7.92. The summed E-state index contributed by atoms with van der Waals surface area (Å²) in [7, 11) is -3.75. The number of fused-ring (bicyclic) bond motifs is 3. The van der Waals surface area contributed by atoms with Crippen LogP contribution in [-0.2, 0) is 21.8 Å². The third-order valence-corrected chi connectivity index (χ3v) is 9.73. The SMILES string of the molecule is O=S(=O)(c1ccc(Cl)cc1)[C@H]1N(Cc2cccc3c2OCO3)c2ccccc2C12CCNCC2. The van der Waals surface area contributed by atoms with Crippen molar-refractivity contribution in [1.29, 1.82) is 0 Å². The van der Waals surface area contributed by atoms with Gasteiger partial charge in [0.25, 0.3) is 0 Å². The van der Waals surface area contributed by atoms with Crippen LogP contribution in [0.3, 0.4) is 0 Å². The predicted octanol–water partition coefficient (Wildman–Crippen LogP) is 4.51. The second kappa shape index (κ2) is 8.18. The van der Waals surface area contributed by atoms with Crippen molar-refractivity contribution < 1.29 is 17.9 Å². The molecule has 0 radical (unpaired) electrons. The Balaban J connectivity index is 1.53. The van der Waals surface area contributed by atoms with Crippen molar-refractivity contribution >= 4 is 27.1 Å². The minimum absolute atomic E-state index is 0.172. The molecule has 0 aromatic heterocycles. The molecule has 1 saturated heterocycles. The highest BCUT2D eigenvalue weighted by atomic mass is 35.5. The largest absolute Gasteiger partial charge is 0.454 e. The van der Waals surface area contributed by atoms with Crippen molar-refractivity contribution in [3.8, 4) is 11.5 Å². The molecule has 0 saturated carbocycles.